The van der Waals surface area contributed by atoms with Crippen molar-refractivity contribution in [2.75, 3.05) is 0 Å². The first-order valence-corrected chi connectivity index (χ1v) is 10.3. The van der Waals surface area contributed by atoms with Gasteiger partial charge in [-0.3, -0.25) is 4.79 Å². The van der Waals surface area contributed by atoms with Crippen LogP contribution in [-0.2, 0) is 24.2 Å². The number of benzene rings is 2. The Morgan fingerprint density at radius 2 is 1.86 bits per heavy atom. The molecule has 29 heavy (non-hydrogen) atoms. The molecular formula is C24H26ClN3O. The van der Waals surface area contributed by atoms with Crippen LogP contribution in [0, 0.1) is 0 Å². The minimum Gasteiger partial charge on any atom is -0.366 e. The summed E-state index contributed by atoms with van der Waals surface area (Å²) in [4.78, 5) is 16.7. The third kappa shape index (κ3) is 5.58. The van der Waals surface area contributed by atoms with Crippen LogP contribution in [-0.4, -0.2) is 15.5 Å². The van der Waals surface area contributed by atoms with Crippen LogP contribution in [0.15, 0.2) is 66.4 Å². The number of carbonyl (C=O) groups excluding carboxylic acids is 1. The van der Waals surface area contributed by atoms with Crippen molar-refractivity contribution < 1.29 is 4.79 Å². The quantitative estimate of drug-likeness (QED) is 0.505. The number of hydrogen-bond donors (Lipinski definition) is 1. The number of aryl methyl sites for hydroxylation is 1. The molecule has 0 unspecified atom stereocenters. The van der Waals surface area contributed by atoms with E-state index in [-0.39, 0.29) is 0 Å². The number of rotatable bonds is 9. The molecule has 2 N–H and O–H groups in total. The van der Waals surface area contributed by atoms with Gasteiger partial charge in [-0.2, -0.15) is 0 Å². The number of primary amides is 1. The van der Waals surface area contributed by atoms with Crippen molar-refractivity contribution in [1.29, 1.82) is 0 Å². The number of nitrogens with zero attached hydrogens (tertiary/aromatic N) is 2. The molecule has 1 amide bonds. The van der Waals surface area contributed by atoms with Crippen LogP contribution in [0.25, 0.3) is 6.08 Å². The van der Waals surface area contributed by atoms with E-state index in [1.165, 1.54) is 0 Å². The third-order valence-electron chi connectivity index (χ3n) is 4.89. The van der Waals surface area contributed by atoms with E-state index in [1.54, 1.807) is 0 Å². The van der Waals surface area contributed by atoms with Gasteiger partial charge in [0.05, 0.1) is 18.4 Å². The molecule has 0 aliphatic rings. The highest BCUT2D eigenvalue weighted by molar-refractivity contribution is 6.31. The molecule has 3 aromatic rings. The summed E-state index contributed by atoms with van der Waals surface area (Å²) >= 11 is 6.39. The summed E-state index contributed by atoms with van der Waals surface area (Å²) in [5.41, 5.74) is 9.16. The van der Waals surface area contributed by atoms with E-state index >= 15 is 0 Å². The molecule has 0 radical (unpaired) electrons. The van der Waals surface area contributed by atoms with Crippen LogP contribution in [0.3, 0.4) is 0 Å². The fourth-order valence-electron chi connectivity index (χ4n) is 3.26. The second-order valence-electron chi connectivity index (χ2n) is 7.08. The van der Waals surface area contributed by atoms with Gasteiger partial charge in [0.2, 0.25) is 5.91 Å². The highest BCUT2D eigenvalue weighted by Gasteiger charge is 2.13. The second-order valence-corrected chi connectivity index (χ2v) is 7.48. The van der Waals surface area contributed by atoms with E-state index in [0.717, 1.165) is 46.9 Å². The van der Waals surface area contributed by atoms with Crippen LogP contribution in [0.2, 0.25) is 5.02 Å². The van der Waals surface area contributed by atoms with E-state index in [4.69, 9.17) is 17.3 Å². The molecule has 0 saturated heterocycles. The van der Waals surface area contributed by atoms with Gasteiger partial charge in [-0.05, 0) is 29.7 Å². The number of aromatic nitrogens is 2. The first-order valence-electron chi connectivity index (χ1n) is 9.90. The van der Waals surface area contributed by atoms with Crippen LogP contribution in [0.4, 0.5) is 0 Å². The Labute approximate surface area is 177 Å². The number of imidazole rings is 1. The molecule has 0 spiro atoms. The predicted molar refractivity (Wildman–Crippen MR) is 119 cm³/mol. The van der Waals surface area contributed by atoms with Gasteiger partial charge >= 0.3 is 0 Å². The van der Waals surface area contributed by atoms with Crippen molar-refractivity contribution >= 4 is 23.6 Å². The molecule has 1 heterocycles. The molecule has 3 rings (SSSR count). The molecule has 0 atom stereocenters. The van der Waals surface area contributed by atoms with E-state index < -0.39 is 5.91 Å². The highest BCUT2D eigenvalue weighted by Crippen LogP contribution is 2.21. The van der Waals surface area contributed by atoms with Gasteiger partial charge in [-0.15, -0.1) is 0 Å². The first-order chi connectivity index (χ1) is 14.1. The lowest BCUT2D eigenvalue weighted by Crippen LogP contribution is -2.16. The van der Waals surface area contributed by atoms with E-state index in [1.807, 2.05) is 66.9 Å². The van der Waals surface area contributed by atoms with Gasteiger partial charge in [0.25, 0.3) is 0 Å². The number of amides is 1. The Morgan fingerprint density at radius 3 is 2.55 bits per heavy atom. The van der Waals surface area contributed by atoms with E-state index in [2.05, 4.69) is 16.5 Å². The smallest absolute Gasteiger partial charge is 0.245 e. The Bertz CT molecular complexity index is 992. The zero-order chi connectivity index (χ0) is 20.6. The normalized spacial score (nSPS) is 11.6. The average Bonchev–Trinajstić information content (AvgIpc) is 3.09. The summed E-state index contributed by atoms with van der Waals surface area (Å²) < 4.78 is 2.13. The maximum Gasteiger partial charge on any atom is 0.245 e. The summed E-state index contributed by atoms with van der Waals surface area (Å²) in [7, 11) is 0. The van der Waals surface area contributed by atoms with Gasteiger partial charge in [-0.25, -0.2) is 4.98 Å². The molecule has 2 aromatic carbocycles. The minimum atomic E-state index is -0.422. The van der Waals surface area contributed by atoms with Gasteiger partial charge in [0.15, 0.2) is 0 Å². The van der Waals surface area contributed by atoms with Crippen molar-refractivity contribution in [1.82, 2.24) is 9.55 Å². The average molecular weight is 408 g/mol. The summed E-state index contributed by atoms with van der Waals surface area (Å²) in [6, 6.07) is 17.6. The molecule has 1 aromatic heterocycles. The lowest BCUT2D eigenvalue weighted by molar-refractivity contribution is -0.114. The number of nitrogens with two attached hydrogens (primary N) is 1. The Morgan fingerprint density at radius 1 is 1.14 bits per heavy atom. The number of carbonyl (C=O) groups is 1. The monoisotopic (exact) mass is 407 g/mol. The predicted octanol–water partition coefficient (Wildman–Crippen LogP) is 5.04. The Balaban J connectivity index is 1.98. The number of unbranched alkanes of at least 4 members (excludes halogenated alkanes) is 1. The van der Waals surface area contributed by atoms with Crippen LogP contribution >= 0.6 is 11.6 Å². The molecular weight excluding hydrogens is 382 g/mol. The second kappa shape index (κ2) is 10.1. The Kier molecular flexibility index (Phi) is 7.25. The molecule has 4 nitrogen and oxygen atoms in total. The third-order valence-corrected chi connectivity index (χ3v) is 5.25. The minimum absolute atomic E-state index is 0.422. The molecule has 0 aliphatic carbocycles. The molecule has 0 bridgehead atoms. The largest absolute Gasteiger partial charge is 0.366 e. The summed E-state index contributed by atoms with van der Waals surface area (Å²) in [6.45, 7) is 2.76. The zero-order valence-corrected chi connectivity index (χ0v) is 17.4. The number of halogens is 1. The fourth-order valence-corrected chi connectivity index (χ4v) is 3.46. The van der Waals surface area contributed by atoms with E-state index in [9.17, 15) is 4.79 Å². The topological polar surface area (TPSA) is 60.9 Å². The van der Waals surface area contributed by atoms with Gasteiger partial charge in [0.1, 0.15) is 5.82 Å². The molecule has 5 heteroatoms. The lowest BCUT2D eigenvalue weighted by atomic mass is 10.0. The van der Waals surface area contributed by atoms with Crippen LogP contribution in [0.1, 0.15) is 42.4 Å². The van der Waals surface area contributed by atoms with E-state index in [0.29, 0.717) is 18.5 Å². The lowest BCUT2D eigenvalue weighted by Gasteiger charge is -2.13. The maximum atomic E-state index is 12.1. The summed E-state index contributed by atoms with van der Waals surface area (Å²) in [6.07, 6.45) is 7.17. The SMILES string of the molecule is CCCCc1ncc(C=C(Cc2ccccc2)C(N)=O)n1Cc1ccccc1Cl. The van der Waals surface area contributed by atoms with Crippen molar-refractivity contribution in [2.24, 2.45) is 5.73 Å². The first kappa shape index (κ1) is 20.9. The van der Waals surface area contributed by atoms with Gasteiger partial charge < -0.3 is 10.3 Å². The molecule has 0 fully saturated rings. The Hall–Kier alpha value is -2.85. The number of hydrogen-bond acceptors (Lipinski definition) is 2. The standard InChI is InChI=1S/C24H26ClN3O/c1-2-3-13-23-27-16-21(28(23)17-19-11-7-8-12-22(19)25)15-20(24(26)29)14-18-9-5-4-6-10-18/h4-12,15-16H,2-3,13-14,17H2,1H3,(H2,26,29). The fraction of sp³-hybridized carbons (Fsp3) is 0.250. The van der Waals surface area contributed by atoms with Gasteiger partial charge in [0, 0.05) is 23.4 Å². The van der Waals surface area contributed by atoms with Crippen LogP contribution in [0.5, 0.6) is 0 Å². The van der Waals surface area contributed by atoms with Crippen molar-refractivity contribution in [2.45, 2.75) is 39.2 Å². The van der Waals surface area contributed by atoms with Crippen molar-refractivity contribution in [3.05, 3.63) is 94.0 Å². The summed E-state index contributed by atoms with van der Waals surface area (Å²) in [5.74, 6) is 0.566. The highest BCUT2D eigenvalue weighted by atomic mass is 35.5. The van der Waals surface area contributed by atoms with Crippen LogP contribution < -0.4 is 5.73 Å². The van der Waals surface area contributed by atoms with Crippen molar-refractivity contribution in [3.8, 4) is 0 Å². The molecule has 150 valence electrons. The molecule has 0 aliphatic heterocycles. The maximum absolute atomic E-state index is 12.1. The van der Waals surface area contributed by atoms with Gasteiger partial charge in [-0.1, -0.05) is 73.5 Å². The zero-order valence-electron chi connectivity index (χ0n) is 16.6. The summed E-state index contributed by atoms with van der Waals surface area (Å²) in [5, 5.41) is 0.719. The van der Waals surface area contributed by atoms with Crippen molar-refractivity contribution in [3.63, 3.8) is 0 Å². The molecule has 0 saturated carbocycles.